The van der Waals surface area contributed by atoms with Gasteiger partial charge in [0, 0.05) is 13.1 Å². The molecule has 0 saturated heterocycles. The molecular formula is C16H23N3O2S2. The zero-order valence-electron chi connectivity index (χ0n) is 13.8. The normalized spacial score (nSPS) is 12.5. The second-order valence-electron chi connectivity index (χ2n) is 5.65. The van der Waals surface area contributed by atoms with Crippen LogP contribution >= 0.6 is 23.1 Å². The van der Waals surface area contributed by atoms with Gasteiger partial charge in [0.25, 0.3) is 5.56 Å². The maximum atomic E-state index is 12.2. The van der Waals surface area contributed by atoms with Crippen molar-refractivity contribution in [1.29, 1.82) is 0 Å². The van der Waals surface area contributed by atoms with E-state index in [1.54, 1.807) is 13.1 Å². The number of rotatable bonds is 8. The van der Waals surface area contributed by atoms with Crippen molar-refractivity contribution in [3.63, 3.8) is 0 Å². The van der Waals surface area contributed by atoms with Crippen molar-refractivity contribution < 1.29 is 4.79 Å². The third-order valence-electron chi connectivity index (χ3n) is 3.64. The summed E-state index contributed by atoms with van der Waals surface area (Å²) >= 11 is 2.75. The molecule has 0 spiro atoms. The highest BCUT2D eigenvalue weighted by Crippen LogP contribution is 2.20. The summed E-state index contributed by atoms with van der Waals surface area (Å²) in [5, 5.41) is 6.08. The SMILES string of the molecule is CCCCCC(C)NC(=O)CSc1nc2sccc2c(=O)n1C. The maximum Gasteiger partial charge on any atom is 0.262 e. The minimum absolute atomic E-state index is 0.0143. The van der Waals surface area contributed by atoms with Crippen molar-refractivity contribution in [2.45, 2.75) is 50.7 Å². The second-order valence-corrected chi connectivity index (χ2v) is 7.49. The van der Waals surface area contributed by atoms with Crippen LogP contribution in [0.1, 0.15) is 39.5 Å². The molecule has 0 fully saturated rings. The van der Waals surface area contributed by atoms with E-state index in [1.165, 1.54) is 40.5 Å². The Morgan fingerprint density at radius 2 is 2.26 bits per heavy atom. The number of fused-ring (bicyclic) bond motifs is 1. The molecule has 0 aromatic carbocycles. The highest BCUT2D eigenvalue weighted by atomic mass is 32.2. The van der Waals surface area contributed by atoms with Crippen molar-refractivity contribution in [2.24, 2.45) is 7.05 Å². The molecular weight excluding hydrogens is 330 g/mol. The molecule has 0 aliphatic heterocycles. The fourth-order valence-electron chi connectivity index (χ4n) is 2.33. The smallest absolute Gasteiger partial charge is 0.262 e. The molecule has 23 heavy (non-hydrogen) atoms. The zero-order chi connectivity index (χ0) is 16.8. The van der Waals surface area contributed by atoms with Crippen LogP contribution < -0.4 is 10.9 Å². The minimum atomic E-state index is -0.0629. The van der Waals surface area contributed by atoms with Gasteiger partial charge >= 0.3 is 0 Å². The third-order valence-corrected chi connectivity index (χ3v) is 5.48. The van der Waals surface area contributed by atoms with Gasteiger partial charge in [-0.2, -0.15) is 0 Å². The van der Waals surface area contributed by atoms with Gasteiger partial charge in [-0.05, 0) is 24.8 Å². The summed E-state index contributed by atoms with van der Waals surface area (Å²) in [4.78, 5) is 29.4. The summed E-state index contributed by atoms with van der Waals surface area (Å²) in [6.07, 6.45) is 4.52. The van der Waals surface area contributed by atoms with E-state index in [1.807, 2.05) is 12.3 Å². The van der Waals surface area contributed by atoms with Crippen LogP contribution in [0.25, 0.3) is 10.2 Å². The molecule has 5 nitrogen and oxygen atoms in total. The lowest BCUT2D eigenvalue weighted by Gasteiger charge is -2.13. The molecule has 0 radical (unpaired) electrons. The predicted molar refractivity (Wildman–Crippen MR) is 97.3 cm³/mol. The molecule has 126 valence electrons. The number of amides is 1. The molecule has 2 rings (SSSR count). The molecule has 2 aromatic heterocycles. The Morgan fingerprint density at radius 1 is 1.48 bits per heavy atom. The quantitative estimate of drug-likeness (QED) is 0.450. The van der Waals surface area contributed by atoms with Gasteiger partial charge in [0.05, 0.1) is 11.1 Å². The average molecular weight is 354 g/mol. The van der Waals surface area contributed by atoms with Gasteiger partial charge in [-0.1, -0.05) is 37.9 Å². The molecule has 0 saturated carbocycles. The Labute approximate surface area is 144 Å². The Balaban J connectivity index is 1.91. The lowest BCUT2D eigenvalue weighted by molar-refractivity contribution is -0.119. The summed E-state index contributed by atoms with van der Waals surface area (Å²) in [5.41, 5.74) is -0.0629. The number of thioether (sulfide) groups is 1. The molecule has 1 N–H and O–H groups in total. The standard InChI is InChI=1S/C16H23N3O2S2/c1-4-5-6-7-11(2)17-13(20)10-23-16-18-14-12(8-9-22-14)15(21)19(16)3/h8-9,11H,4-7,10H2,1-3H3,(H,17,20). The molecule has 1 atom stereocenters. The lowest BCUT2D eigenvalue weighted by Crippen LogP contribution is -2.34. The average Bonchev–Trinajstić information content (AvgIpc) is 2.98. The van der Waals surface area contributed by atoms with Crippen molar-refractivity contribution in [3.05, 3.63) is 21.8 Å². The minimum Gasteiger partial charge on any atom is -0.353 e. The van der Waals surface area contributed by atoms with E-state index in [2.05, 4.69) is 17.2 Å². The highest BCUT2D eigenvalue weighted by Gasteiger charge is 2.12. The van der Waals surface area contributed by atoms with Crippen LogP contribution in [0, 0.1) is 0 Å². The number of hydrogen-bond acceptors (Lipinski definition) is 5. The Bertz CT molecular complexity index is 724. The third kappa shape index (κ3) is 4.81. The van der Waals surface area contributed by atoms with Crippen molar-refractivity contribution >= 4 is 39.2 Å². The molecule has 0 aliphatic carbocycles. The Morgan fingerprint density at radius 3 is 3.00 bits per heavy atom. The number of hydrogen-bond donors (Lipinski definition) is 1. The van der Waals surface area contributed by atoms with Gasteiger partial charge in [-0.15, -0.1) is 11.3 Å². The molecule has 0 aliphatic rings. The van der Waals surface area contributed by atoms with Gasteiger partial charge in [0.2, 0.25) is 5.91 Å². The maximum absolute atomic E-state index is 12.2. The van der Waals surface area contributed by atoms with Crippen molar-refractivity contribution in [2.75, 3.05) is 5.75 Å². The van der Waals surface area contributed by atoms with E-state index in [-0.39, 0.29) is 23.3 Å². The van der Waals surface area contributed by atoms with Crippen LogP contribution in [0.5, 0.6) is 0 Å². The van der Waals surface area contributed by atoms with Crippen molar-refractivity contribution in [1.82, 2.24) is 14.9 Å². The number of thiophene rings is 1. The number of unbranched alkanes of at least 4 members (excludes halogenated alkanes) is 2. The first kappa shape index (κ1) is 18.0. The van der Waals surface area contributed by atoms with E-state index in [9.17, 15) is 9.59 Å². The van der Waals surface area contributed by atoms with E-state index in [0.717, 1.165) is 17.7 Å². The molecule has 1 unspecified atom stereocenters. The van der Waals surface area contributed by atoms with E-state index in [4.69, 9.17) is 0 Å². The summed E-state index contributed by atoms with van der Waals surface area (Å²) in [6.45, 7) is 4.20. The number of nitrogens with zero attached hydrogens (tertiary/aromatic N) is 2. The van der Waals surface area contributed by atoms with Gasteiger partial charge in [0.15, 0.2) is 5.16 Å². The zero-order valence-corrected chi connectivity index (χ0v) is 15.4. The van der Waals surface area contributed by atoms with Gasteiger partial charge in [0.1, 0.15) is 4.83 Å². The van der Waals surface area contributed by atoms with Gasteiger partial charge in [-0.3, -0.25) is 14.2 Å². The Hall–Kier alpha value is -1.34. The predicted octanol–water partition coefficient (Wildman–Crippen LogP) is 3.17. The van der Waals surface area contributed by atoms with Crippen LogP contribution in [0.3, 0.4) is 0 Å². The fraction of sp³-hybridized carbons (Fsp3) is 0.562. The van der Waals surface area contributed by atoms with E-state index < -0.39 is 0 Å². The summed E-state index contributed by atoms with van der Waals surface area (Å²) < 4.78 is 1.51. The number of carbonyl (C=O) groups excluding carboxylic acids is 1. The van der Waals surface area contributed by atoms with Crippen LogP contribution in [0.4, 0.5) is 0 Å². The fourth-order valence-corrected chi connectivity index (χ4v) is 3.92. The van der Waals surface area contributed by atoms with Crippen LogP contribution in [-0.2, 0) is 11.8 Å². The summed E-state index contributed by atoms with van der Waals surface area (Å²) in [7, 11) is 1.69. The van der Waals surface area contributed by atoms with Gasteiger partial charge < -0.3 is 5.32 Å². The summed E-state index contributed by atoms with van der Waals surface area (Å²) in [5.74, 6) is 0.259. The van der Waals surface area contributed by atoms with Crippen LogP contribution in [-0.4, -0.2) is 27.3 Å². The van der Waals surface area contributed by atoms with E-state index >= 15 is 0 Å². The largest absolute Gasteiger partial charge is 0.353 e. The van der Waals surface area contributed by atoms with Crippen LogP contribution in [0.15, 0.2) is 21.4 Å². The number of aromatic nitrogens is 2. The molecule has 7 heteroatoms. The van der Waals surface area contributed by atoms with E-state index in [0.29, 0.717) is 10.5 Å². The first-order chi connectivity index (χ1) is 11.0. The number of carbonyl (C=O) groups is 1. The molecule has 2 heterocycles. The second kappa shape index (κ2) is 8.49. The van der Waals surface area contributed by atoms with Crippen molar-refractivity contribution in [3.8, 4) is 0 Å². The van der Waals surface area contributed by atoms with Crippen LogP contribution in [0.2, 0.25) is 0 Å². The van der Waals surface area contributed by atoms with Gasteiger partial charge in [-0.25, -0.2) is 4.98 Å². The Kier molecular flexibility index (Phi) is 6.65. The highest BCUT2D eigenvalue weighted by molar-refractivity contribution is 7.99. The topological polar surface area (TPSA) is 64.0 Å². The first-order valence-corrected chi connectivity index (χ1v) is 9.75. The number of nitrogens with one attached hydrogen (secondary N) is 1. The first-order valence-electron chi connectivity index (χ1n) is 7.89. The lowest BCUT2D eigenvalue weighted by atomic mass is 10.1. The molecule has 1 amide bonds. The monoisotopic (exact) mass is 353 g/mol. The molecule has 0 bridgehead atoms. The molecule has 2 aromatic rings. The summed E-state index contributed by atoms with van der Waals surface area (Å²) in [6, 6.07) is 1.97.